The Bertz CT molecular complexity index is 33.8. The molecular weight excluding hydrogens is 271 g/mol. The van der Waals surface area contributed by atoms with E-state index >= 15 is 0 Å². The first-order valence-electron chi connectivity index (χ1n) is 0.548. The molecule has 0 aromatic heterocycles. The first kappa shape index (κ1) is 8.92. The molecule has 0 radical (unpaired) electrons. The third-order valence-electron chi connectivity index (χ3n) is 0. The SMILES string of the molecule is O=[N+]([O-])[O-].[BiH3].[H+]. The fraction of sp³-hybridized carbons (Fsp3) is 0. The average molecular weight is 275 g/mol. The third kappa shape index (κ3) is 2560. The van der Waals surface area contributed by atoms with Crippen LogP contribution in [0.1, 0.15) is 1.43 Å². The topological polar surface area (TPSA) is 66.2 Å². The van der Waals surface area contributed by atoms with Crippen LogP contribution in [0.4, 0.5) is 0 Å². The molecule has 0 saturated heterocycles. The van der Waals surface area contributed by atoms with Crippen LogP contribution in [0.3, 0.4) is 0 Å². The first-order valence-corrected chi connectivity index (χ1v) is 0.548. The van der Waals surface area contributed by atoms with Gasteiger partial charge in [-0.2, -0.15) is 0 Å². The molecule has 0 saturated carbocycles. The molecule has 5 heavy (non-hydrogen) atoms. The summed E-state index contributed by atoms with van der Waals surface area (Å²) in [6, 6.07) is 0. The summed E-state index contributed by atoms with van der Waals surface area (Å²) in [5.74, 6) is 0. The van der Waals surface area contributed by atoms with E-state index < -0.39 is 5.09 Å². The van der Waals surface area contributed by atoms with Gasteiger partial charge in [-0.1, -0.05) is 0 Å². The zero-order valence-corrected chi connectivity index (χ0v) is 7.88. The van der Waals surface area contributed by atoms with Crippen molar-refractivity contribution in [2.75, 3.05) is 0 Å². The molecule has 4 nitrogen and oxygen atoms in total. The second-order valence-electron chi connectivity index (χ2n) is 0.224. The molecule has 0 heterocycles. The van der Waals surface area contributed by atoms with Crippen molar-refractivity contribution in [1.82, 2.24) is 0 Å². The Hall–Kier alpha value is 0.0831. The van der Waals surface area contributed by atoms with Gasteiger partial charge in [0, 0.05) is 0 Å². The minimum absolute atomic E-state index is 0. The van der Waals surface area contributed by atoms with Gasteiger partial charge in [-0.15, -0.1) is 0 Å². The van der Waals surface area contributed by atoms with Crippen LogP contribution in [0.2, 0.25) is 0 Å². The average Bonchev–Trinajstić information content (AvgIpc) is 0.811. The molecular formula is H4BiNO3. The van der Waals surface area contributed by atoms with Crippen molar-refractivity contribution in [3.05, 3.63) is 15.3 Å². The molecule has 0 aliphatic heterocycles. The molecule has 0 fully saturated rings. The van der Waals surface area contributed by atoms with E-state index in [2.05, 4.69) is 0 Å². The number of hydrogen-bond donors (Lipinski definition) is 0. The number of rotatable bonds is 0. The number of nitrogens with zero attached hydrogens (tertiary/aromatic N) is 1. The minimum Gasteiger partial charge on any atom is 1.00 e. The van der Waals surface area contributed by atoms with Crippen LogP contribution >= 0.6 is 0 Å². The summed E-state index contributed by atoms with van der Waals surface area (Å²) in [6.07, 6.45) is 0. The summed E-state index contributed by atoms with van der Waals surface area (Å²) in [5.41, 5.74) is 0. The number of hydrogen-bond acceptors (Lipinski definition) is 3. The Morgan fingerprint density at radius 3 is 1.60 bits per heavy atom. The smallest absolute Gasteiger partial charge is 1.00 e. The molecule has 5 heteroatoms. The fourth-order valence-electron chi connectivity index (χ4n) is 0. The molecule has 0 bridgehead atoms. The molecule has 0 aromatic rings. The van der Waals surface area contributed by atoms with Gasteiger partial charge in [0.1, 0.15) is 0 Å². The standard InChI is InChI=1S/Bi.NO3.3H/c;2-1(3)4;;;/q;-1;;;/p+1. The Labute approximate surface area is 48.5 Å². The Morgan fingerprint density at radius 1 is 1.60 bits per heavy atom. The molecule has 0 aliphatic rings. The van der Waals surface area contributed by atoms with Gasteiger partial charge in [0.15, 0.2) is 0 Å². The molecule has 0 atom stereocenters. The Kier molecular flexibility index (Phi) is 7.28. The van der Waals surface area contributed by atoms with Gasteiger partial charge < -0.3 is 15.3 Å². The fourth-order valence-corrected chi connectivity index (χ4v) is 0. The van der Waals surface area contributed by atoms with E-state index in [4.69, 9.17) is 15.3 Å². The van der Waals surface area contributed by atoms with Crippen molar-refractivity contribution in [2.24, 2.45) is 0 Å². The van der Waals surface area contributed by atoms with Crippen molar-refractivity contribution in [2.45, 2.75) is 0 Å². The predicted octanol–water partition coefficient (Wildman–Crippen LogP) is -1.31. The Morgan fingerprint density at radius 2 is 1.60 bits per heavy atom. The van der Waals surface area contributed by atoms with Crippen molar-refractivity contribution in [1.29, 1.82) is 0 Å². The molecule has 32 valence electrons. The van der Waals surface area contributed by atoms with Gasteiger partial charge >= 0.3 is 27.6 Å². The maximum atomic E-state index is 8.25. The van der Waals surface area contributed by atoms with E-state index in [1.165, 1.54) is 0 Å². The molecule has 0 aromatic carbocycles. The zero-order valence-electron chi connectivity index (χ0n) is 3.38. The molecule has 0 N–H and O–H groups in total. The molecule has 0 unspecified atom stereocenters. The quantitative estimate of drug-likeness (QED) is 0.313. The minimum atomic E-state index is -1.75. The summed E-state index contributed by atoms with van der Waals surface area (Å²) in [7, 11) is 0. The van der Waals surface area contributed by atoms with Crippen LogP contribution in [0.15, 0.2) is 0 Å². The van der Waals surface area contributed by atoms with Gasteiger partial charge in [-0.3, -0.25) is 0 Å². The van der Waals surface area contributed by atoms with Gasteiger partial charge in [0.25, 0.3) is 0 Å². The molecule has 0 rings (SSSR count). The van der Waals surface area contributed by atoms with Gasteiger partial charge in [-0.05, 0) is 0 Å². The van der Waals surface area contributed by atoms with E-state index in [0.717, 1.165) is 0 Å². The van der Waals surface area contributed by atoms with E-state index in [0.29, 0.717) is 0 Å². The van der Waals surface area contributed by atoms with E-state index in [1.807, 2.05) is 0 Å². The molecule has 0 amide bonds. The van der Waals surface area contributed by atoms with Crippen LogP contribution in [0.5, 0.6) is 0 Å². The summed E-state index contributed by atoms with van der Waals surface area (Å²) in [6.45, 7) is 0. The van der Waals surface area contributed by atoms with Gasteiger partial charge in [0.05, 0.1) is 5.09 Å². The summed E-state index contributed by atoms with van der Waals surface area (Å²) < 4.78 is 0. The second kappa shape index (κ2) is 4.08. The summed E-state index contributed by atoms with van der Waals surface area (Å²) >= 11 is 0. The summed E-state index contributed by atoms with van der Waals surface area (Å²) in [5, 5.41) is 14.8. The van der Waals surface area contributed by atoms with Crippen LogP contribution in [-0.2, 0) is 0 Å². The van der Waals surface area contributed by atoms with Crippen molar-refractivity contribution < 1.29 is 6.51 Å². The maximum absolute atomic E-state index is 8.25. The van der Waals surface area contributed by atoms with Gasteiger partial charge in [-0.25, -0.2) is 0 Å². The maximum Gasteiger partial charge on any atom is 1.00 e. The van der Waals surface area contributed by atoms with Crippen molar-refractivity contribution in [3.63, 3.8) is 0 Å². The van der Waals surface area contributed by atoms with Crippen LogP contribution in [0.25, 0.3) is 0 Å². The van der Waals surface area contributed by atoms with E-state index in [9.17, 15) is 0 Å². The zero-order chi connectivity index (χ0) is 3.58. The molecule has 0 aliphatic carbocycles. The Balaban J connectivity index is -0.0000000450. The second-order valence-corrected chi connectivity index (χ2v) is 0.224. The predicted molar refractivity (Wildman–Crippen MR) is 21.4 cm³/mol. The normalized spacial score (nSPS) is 4.80. The monoisotopic (exact) mass is 275 g/mol. The van der Waals surface area contributed by atoms with Crippen LogP contribution in [0, 0.1) is 15.3 Å². The first-order chi connectivity index (χ1) is 1.73. The van der Waals surface area contributed by atoms with Crippen LogP contribution in [-0.4, -0.2) is 31.3 Å². The van der Waals surface area contributed by atoms with E-state index in [-0.39, 0.29) is 27.6 Å². The van der Waals surface area contributed by atoms with Crippen molar-refractivity contribution >= 4 is 26.2 Å². The van der Waals surface area contributed by atoms with E-state index in [1.54, 1.807) is 0 Å². The van der Waals surface area contributed by atoms with Crippen LogP contribution < -0.4 is 0 Å². The molecule has 0 spiro atoms. The third-order valence-corrected chi connectivity index (χ3v) is 0. The van der Waals surface area contributed by atoms with Gasteiger partial charge in [0.2, 0.25) is 0 Å². The van der Waals surface area contributed by atoms with Crippen molar-refractivity contribution in [3.8, 4) is 0 Å². The summed E-state index contributed by atoms with van der Waals surface area (Å²) in [4.78, 5) is 8.25. The largest absolute Gasteiger partial charge is 1.00 e.